The van der Waals surface area contributed by atoms with E-state index in [0.29, 0.717) is 10.7 Å². The van der Waals surface area contributed by atoms with E-state index in [9.17, 15) is 9.59 Å². The maximum Gasteiger partial charge on any atom is 0.408 e. The second-order valence-electron chi connectivity index (χ2n) is 5.36. The van der Waals surface area contributed by atoms with Crippen LogP contribution in [0.3, 0.4) is 0 Å². The molecule has 0 saturated carbocycles. The zero-order chi connectivity index (χ0) is 15.3. The van der Waals surface area contributed by atoms with Crippen LogP contribution < -0.4 is 10.6 Å². The fourth-order valence-electron chi connectivity index (χ4n) is 1.33. The van der Waals surface area contributed by atoms with Gasteiger partial charge in [0.1, 0.15) is 11.6 Å². The van der Waals surface area contributed by atoms with Gasteiger partial charge in [0.2, 0.25) is 5.91 Å². The molecule has 1 aromatic rings. The Kier molecular flexibility index (Phi) is 5.39. The highest BCUT2D eigenvalue weighted by molar-refractivity contribution is 6.30. The molecule has 0 aromatic heterocycles. The van der Waals surface area contributed by atoms with Gasteiger partial charge in [0.15, 0.2) is 0 Å². The SMILES string of the molecule is C[C@@H](NC(=O)OC(C)(C)C)C(=O)Nc1ccc(Cl)cc1. The molecule has 0 unspecified atom stereocenters. The fraction of sp³-hybridized carbons (Fsp3) is 0.429. The molecular weight excluding hydrogens is 280 g/mol. The molecule has 0 bridgehead atoms. The van der Waals surface area contributed by atoms with E-state index in [1.165, 1.54) is 0 Å². The van der Waals surface area contributed by atoms with Crippen molar-refractivity contribution in [3.8, 4) is 0 Å². The molecule has 0 fully saturated rings. The lowest BCUT2D eigenvalue weighted by Crippen LogP contribution is -2.43. The molecule has 0 aliphatic rings. The van der Waals surface area contributed by atoms with Crippen molar-refractivity contribution in [1.29, 1.82) is 0 Å². The van der Waals surface area contributed by atoms with Gasteiger partial charge in [0, 0.05) is 10.7 Å². The lowest BCUT2D eigenvalue weighted by molar-refractivity contribution is -0.117. The maximum atomic E-state index is 11.9. The van der Waals surface area contributed by atoms with Gasteiger partial charge < -0.3 is 15.4 Å². The maximum absolute atomic E-state index is 11.9. The Hall–Kier alpha value is -1.75. The third-order valence-electron chi connectivity index (χ3n) is 2.24. The van der Waals surface area contributed by atoms with Gasteiger partial charge in [-0.15, -0.1) is 0 Å². The summed E-state index contributed by atoms with van der Waals surface area (Å²) in [5, 5.41) is 5.72. The Morgan fingerprint density at radius 1 is 1.20 bits per heavy atom. The number of hydrogen-bond donors (Lipinski definition) is 2. The molecule has 20 heavy (non-hydrogen) atoms. The van der Waals surface area contributed by atoms with Crippen molar-refractivity contribution in [2.24, 2.45) is 0 Å². The van der Waals surface area contributed by atoms with Gasteiger partial charge in [-0.05, 0) is 52.0 Å². The summed E-state index contributed by atoms with van der Waals surface area (Å²) < 4.78 is 5.08. The Balaban J connectivity index is 2.51. The number of carbonyl (C=O) groups excluding carboxylic acids is 2. The highest BCUT2D eigenvalue weighted by Crippen LogP contribution is 2.13. The second kappa shape index (κ2) is 6.61. The number of alkyl carbamates (subject to hydrolysis) is 1. The monoisotopic (exact) mass is 298 g/mol. The Morgan fingerprint density at radius 2 is 1.75 bits per heavy atom. The minimum atomic E-state index is -0.708. The van der Waals surface area contributed by atoms with Crippen LogP contribution in [0.1, 0.15) is 27.7 Å². The van der Waals surface area contributed by atoms with Gasteiger partial charge in [-0.1, -0.05) is 11.6 Å². The number of nitrogens with one attached hydrogen (secondary N) is 2. The lowest BCUT2D eigenvalue weighted by atomic mass is 10.2. The number of hydrogen-bond acceptors (Lipinski definition) is 3. The molecule has 6 heteroatoms. The van der Waals surface area contributed by atoms with Crippen LogP contribution in [0, 0.1) is 0 Å². The Bertz CT molecular complexity index is 480. The lowest BCUT2D eigenvalue weighted by Gasteiger charge is -2.21. The zero-order valence-corrected chi connectivity index (χ0v) is 12.7. The summed E-state index contributed by atoms with van der Waals surface area (Å²) in [5.41, 5.74) is 0.00782. The van der Waals surface area contributed by atoms with Crippen LogP contribution in [0.5, 0.6) is 0 Å². The van der Waals surface area contributed by atoms with E-state index in [0.717, 1.165) is 0 Å². The van der Waals surface area contributed by atoms with Gasteiger partial charge in [-0.25, -0.2) is 4.79 Å². The standard InChI is InChI=1S/C14H19ClN2O3/c1-9(16-13(19)20-14(2,3)4)12(18)17-11-7-5-10(15)6-8-11/h5-9H,1-4H3,(H,16,19)(H,17,18)/t9-/m1/s1. The quantitative estimate of drug-likeness (QED) is 0.900. The molecule has 1 atom stereocenters. The van der Waals surface area contributed by atoms with Crippen LogP contribution >= 0.6 is 11.6 Å². The molecule has 1 rings (SSSR count). The van der Waals surface area contributed by atoms with Crippen LogP contribution in [0.15, 0.2) is 24.3 Å². The molecule has 2 N–H and O–H groups in total. The molecule has 0 spiro atoms. The normalized spacial score (nSPS) is 12.4. The molecule has 0 aliphatic carbocycles. The van der Waals surface area contributed by atoms with Gasteiger partial charge >= 0.3 is 6.09 Å². The summed E-state index contributed by atoms with van der Waals surface area (Å²) in [7, 11) is 0. The third-order valence-corrected chi connectivity index (χ3v) is 2.49. The van der Waals surface area contributed by atoms with Crippen molar-refractivity contribution in [3.05, 3.63) is 29.3 Å². The fourth-order valence-corrected chi connectivity index (χ4v) is 1.46. The molecule has 2 amide bonds. The van der Waals surface area contributed by atoms with Gasteiger partial charge in [0.25, 0.3) is 0 Å². The van der Waals surface area contributed by atoms with E-state index < -0.39 is 17.7 Å². The minimum Gasteiger partial charge on any atom is -0.444 e. The molecular formula is C14H19ClN2O3. The van der Waals surface area contributed by atoms with E-state index >= 15 is 0 Å². The van der Waals surface area contributed by atoms with Crippen molar-refractivity contribution >= 4 is 29.3 Å². The molecule has 0 radical (unpaired) electrons. The van der Waals surface area contributed by atoms with Crippen molar-refractivity contribution in [1.82, 2.24) is 5.32 Å². The van der Waals surface area contributed by atoms with Crippen LogP contribution in [0.2, 0.25) is 5.02 Å². The van der Waals surface area contributed by atoms with E-state index in [1.807, 2.05) is 0 Å². The first-order chi connectivity index (χ1) is 9.17. The number of carbonyl (C=O) groups is 2. The highest BCUT2D eigenvalue weighted by Gasteiger charge is 2.20. The molecule has 0 heterocycles. The summed E-state index contributed by atoms with van der Waals surface area (Å²) in [6.07, 6.45) is -0.628. The van der Waals surface area contributed by atoms with Crippen LogP contribution in [-0.2, 0) is 9.53 Å². The first-order valence-electron chi connectivity index (χ1n) is 6.23. The predicted octanol–water partition coefficient (Wildman–Crippen LogP) is 3.19. The van der Waals surface area contributed by atoms with Crippen molar-refractivity contribution in [2.45, 2.75) is 39.3 Å². The zero-order valence-electron chi connectivity index (χ0n) is 12.0. The summed E-state index contributed by atoms with van der Waals surface area (Å²) in [6.45, 7) is 6.84. The van der Waals surface area contributed by atoms with Gasteiger partial charge in [0.05, 0.1) is 0 Å². The van der Waals surface area contributed by atoms with E-state index in [2.05, 4.69) is 10.6 Å². The van der Waals surface area contributed by atoms with E-state index in [1.54, 1.807) is 52.0 Å². The second-order valence-corrected chi connectivity index (χ2v) is 5.80. The average Bonchev–Trinajstić information content (AvgIpc) is 2.29. The number of amides is 2. The Labute approximate surface area is 123 Å². The van der Waals surface area contributed by atoms with Gasteiger partial charge in [-0.2, -0.15) is 0 Å². The minimum absolute atomic E-state index is 0.335. The molecule has 0 aliphatic heterocycles. The summed E-state index contributed by atoms with van der Waals surface area (Å²) in [4.78, 5) is 23.4. The van der Waals surface area contributed by atoms with Crippen LogP contribution in [0.4, 0.5) is 10.5 Å². The molecule has 0 saturated heterocycles. The first kappa shape index (κ1) is 16.3. The largest absolute Gasteiger partial charge is 0.444 e. The van der Waals surface area contributed by atoms with Gasteiger partial charge in [-0.3, -0.25) is 4.79 Å². The van der Waals surface area contributed by atoms with Crippen LogP contribution in [0.25, 0.3) is 0 Å². The van der Waals surface area contributed by atoms with Crippen LogP contribution in [-0.4, -0.2) is 23.6 Å². The average molecular weight is 299 g/mol. The predicted molar refractivity (Wildman–Crippen MR) is 78.9 cm³/mol. The topological polar surface area (TPSA) is 67.4 Å². The van der Waals surface area contributed by atoms with Crippen molar-refractivity contribution in [2.75, 3.05) is 5.32 Å². The number of rotatable bonds is 3. The first-order valence-corrected chi connectivity index (χ1v) is 6.61. The smallest absolute Gasteiger partial charge is 0.408 e. The summed E-state index contributed by atoms with van der Waals surface area (Å²) >= 11 is 5.75. The summed E-state index contributed by atoms with van der Waals surface area (Å²) in [5.74, 6) is -0.335. The van der Waals surface area contributed by atoms with Crippen molar-refractivity contribution < 1.29 is 14.3 Å². The molecule has 5 nitrogen and oxygen atoms in total. The third kappa shape index (κ3) is 5.93. The summed E-state index contributed by atoms with van der Waals surface area (Å²) in [6, 6.07) is 5.99. The molecule has 1 aromatic carbocycles. The van der Waals surface area contributed by atoms with E-state index in [-0.39, 0.29) is 5.91 Å². The Morgan fingerprint density at radius 3 is 2.25 bits per heavy atom. The van der Waals surface area contributed by atoms with E-state index in [4.69, 9.17) is 16.3 Å². The van der Waals surface area contributed by atoms with Crippen molar-refractivity contribution in [3.63, 3.8) is 0 Å². The number of anilines is 1. The number of ether oxygens (including phenoxy) is 1. The molecule has 110 valence electrons. The highest BCUT2D eigenvalue weighted by atomic mass is 35.5. The number of halogens is 1. The number of benzene rings is 1.